The standard InChI is InChI=1S/C24H35N5/c1-25-24(26-16-20-11-13-22(14-12-20)18-28(2)3)27-17-23-10-7-15-29(23)19-21-8-5-4-6-9-21/h4-6,8-9,11-14,23H,7,10,15-19H2,1-3H3,(H2,25,26,27). The molecule has 0 aliphatic carbocycles. The van der Waals surface area contributed by atoms with Gasteiger partial charge in [-0.1, -0.05) is 54.6 Å². The van der Waals surface area contributed by atoms with E-state index in [2.05, 4.69) is 94.1 Å². The molecule has 3 rings (SSSR count). The molecule has 2 N–H and O–H groups in total. The van der Waals surface area contributed by atoms with Crippen LogP contribution in [0.4, 0.5) is 0 Å². The van der Waals surface area contributed by atoms with Crippen LogP contribution in [-0.4, -0.2) is 56.0 Å². The van der Waals surface area contributed by atoms with E-state index < -0.39 is 0 Å². The maximum absolute atomic E-state index is 4.40. The molecule has 1 aliphatic rings. The number of aliphatic imine (C=N–C) groups is 1. The van der Waals surface area contributed by atoms with Gasteiger partial charge in [-0.15, -0.1) is 0 Å². The van der Waals surface area contributed by atoms with Crippen LogP contribution in [0.5, 0.6) is 0 Å². The van der Waals surface area contributed by atoms with Crippen molar-refractivity contribution in [3.63, 3.8) is 0 Å². The molecule has 2 aromatic rings. The molecule has 2 aromatic carbocycles. The molecule has 1 unspecified atom stereocenters. The summed E-state index contributed by atoms with van der Waals surface area (Å²) in [6.07, 6.45) is 2.51. The van der Waals surface area contributed by atoms with Crippen LogP contribution >= 0.6 is 0 Å². The van der Waals surface area contributed by atoms with Gasteiger partial charge in [0.05, 0.1) is 0 Å². The number of rotatable bonds is 8. The van der Waals surface area contributed by atoms with Crippen molar-refractivity contribution in [2.45, 2.75) is 38.5 Å². The summed E-state index contributed by atoms with van der Waals surface area (Å²) in [6, 6.07) is 20.1. The second kappa shape index (κ2) is 11.0. The molecule has 1 saturated heterocycles. The lowest BCUT2D eigenvalue weighted by molar-refractivity contribution is 0.245. The summed E-state index contributed by atoms with van der Waals surface area (Å²) in [7, 11) is 6.03. The summed E-state index contributed by atoms with van der Waals surface area (Å²) < 4.78 is 0. The molecule has 5 heteroatoms. The van der Waals surface area contributed by atoms with Crippen molar-refractivity contribution < 1.29 is 0 Å². The van der Waals surface area contributed by atoms with Crippen molar-refractivity contribution in [1.29, 1.82) is 0 Å². The normalized spacial score (nSPS) is 17.7. The molecule has 5 nitrogen and oxygen atoms in total. The van der Waals surface area contributed by atoms with E-state index in [-0.39, 0.29) is 0 Å². The van der Waals surface area contributed by atoms with Crippen molar-refractivity contribution in [1.82, 2.24) is 20.4 Å². The first kappa shape index (κ1) is 21.3. The van der Waals surface area contributed by atoms with Gasteiger partial charge in [-0.05, 0) is 50.2 Å². The predicted octanol–water partition coefficient (Wildman–Crippen LogP) is 3.08. The van der Waals surface area contributed by atoms with E-state index in [1.165, 1.54) is 36.1 Å². The lowest BCUT2D eigenvalue weighted by atomic mass is 10.1. The Morgan fingerprint density at radius 1 is 1.00 bits per heavy atom. The smallest absolute Gasteiger partial charge is 0.191 e. The molecule has 0 aromatic heterocycles. The zero-order valence-corrected chi connectivity index (χ0v) is 18.1. The molecular formula is C24H35N5. The zero-order chi connectivity index (χ0) is 20.5. The largest absolute Gasteiger partial charge is 0.355 e. The molecule has 156 valence electrons. The average Bonchev–Trinajstić information content (AvgIpc) is 3.16. The Morgan fingerprint density at radius 3 is 2.41 bits per heavy atom. The Morgan fingerprint density at radius 2 is 1.72 bits per heavy atom. The summed E-state index contributed by atoms with van der Waals surface area (Å²) in [5.74, 6) is 0.869. The van der Waals surface area contributed by atoms with Crippen molar-refractivity contribution >= 4 is 5.96 Å². The quantitative estimate of drug-likeness (QED) is 0.534. The number of guanidine groups is 1. The lowest BCUT2D eigenvalue weighted by Crippen LogP contribution is -2.44. The van der Waals surface area contributed by atoms with Crippen LogP contribution in [0.2, 0.25) is 0 Å². The third-order valence-electron chi connectivity index (χ3n) is 5.44. The summed E-state index contributed by atoms with van der Waals surface area (Å²) in [6.45, 7) is 4.87. The topological polar surface area (TPSA) is 42.9 Å². The van der Waals surface area contributed by atoms with Crippen molar-refractivity contribution in [3.8, 4) is 0 Å². The Labute approximate surface area is 175 Å². The van der Waals surface area contributed by atoms with Crippen LogP contribution in [0.3, 0.4) is 0 Å². The van der Waals surface area contributed by atoms with E-state index in [0.29, 0.717) is 6.04 Å². The monoisotopic (exact) mass is 393 g/mol. The third-order valence-corrected chi connectivity index (χ3v) is 5.44. The number of nitrogens with zero attached hydrogens (tertiary/aromatic N) is 3. The highest BCUT2D eigenvalue weighted by molar-refractivity contribution is 5.79. The second-order valence-corrected chi connectivity index (χ2v) is 8.11. The first-order valence-electron chi connectivity index (χ1n) is 10.6. The Hall–Kier alpha value is -2.37. The molecule has 0 radical (unpaired) electrons. The number of likely N-dealkylation sites (tertiary alicyclic amines) is 1. The van der Waals surface area contributed by atoms with Crippen LogP contribution in [-0.2, 0) is 19.6 Å². The fraction of sp³-hybridized carbons (Fsp3) is 0.458. The molecule has 0 spiro atoms. The Balaban J connectivity index is 1.45. The molecule has 0 saturated carbocycles. The minimum Gasteiger partial charge on any atom is -0.355 e. The average molecular weight is 394 g/mol. The zero-order valence-electron chi connectivity index (χ0n) is 18.1. The van der Waals surface area contributed by atoms with Gasteiger partial charge in [0.25, 0.3) is 0 Å². The fourth-order valence-electron chi connectivity index (χ4n) is 3.90. The molecule has 0 bridgehead atoms. The number of benzene rings is 2. The van der Waals surface area contributed by atoms with Gasteiger partial charge in [0.1, 0.15) is 0 Å². The van der Waals surface area contributed by atoms with Gasteiger partial charge in [0, 0.05) is 39.3 Å². The maximum atomic E-state index is 4.40. The second-order valence-electron chi connectivity index (χ2n) is 8.11. The summed E-state index contributed by atoms with van der Waals surface area (Å²) in [5.41, 5.74) is 3.99. The van der Waals surface area contributed by atoms with Crippen molar-refractivity contribution in [2.24, 2.45) is 4.99 Å². The Kier molecular flexibility index (Phi) is 8.08. The van der Waals surface area contributed by atoms with Gasteiger partial charge in [0.2, 0.25) is 0 Å². The van der Waals surface area contributed by atoms with Crippen LogP contribution in [0.25, 0.3) is 0 Å². The highest BCUT2D eigenvalue weighted by atomic mass is 15.2. The molecule has 1 atom stereocenters. The van der Waals surface area contributed by atoms with Gasteiger partial charge >= 0.3 is 0 Å². The summed E-state index contributed by atoms with van der Waals surface area (Å²) >= 11 is 0. The first-order chi connectivity index (χ1) is 14.1. The van der Waals surface area contributed by atoms with E-state index in [9.17, 15) is 0 Å². The first-order valence-corrected chi connectivity index (χ1v) is 10.6. The number of nitrogens with one attached hydrogen (secondary N) is 2. The number of hydrogen-bond acceptors (Lipinski definition) is 3. The molecule has 29 heavy (non-hydrogen) atoms. The van der Waals surface area contributed by atoms with E-state index in [1.54, 1.807) is 0 Å². The Bertz CT molecular complexity index is 755. The van der Waals surface area contributed by atoms with Gasteiger partial charge in [-0.25, -0.2) is 0 Å². The maximum Gasteiger partial charge on any atom is 0.191 e. The van der Waals surface area contributed by atoms with Crippen LogP contribution in [0, 0.1) is 0 Å². The van der Waals surface area contributed by atoms with E-state index in [4.69, 9.17) is 0 Å². The molecule has 0 amide bonds. The SMILES string of the molecule is CN=C(NCc1ccc(CN(C)C)cc1)NCC1CCCN1Cc1ccccc1. The van der Waals surface area contributed by atoms with Gasteiger partial charge < -0.3 is 15.5 Å². The highest BCUT2D eigenvalue weighted by Crippen LogP contribution is 2.19. The van der Waals surface area contributed by atoms with Gasteiger partial charge in [-0.3, -0.25) is 9.89 Å². The minimum atomic E-state index is 0.555. The van der Waals surface area contributed by atoms with Crippen LogP contribution in [0.1, 0.15) is 29.5 Å². The van der Waals surface area contributed by atoms with Gasteiger partial charge in [-0.2, -0.15) is 0 Å². The van der Waals surface area contributed by atoms with Crippen molar-refractivity contribution in [3.05, 3.63) is 71.3 Å². The number of hydrogen-bond donors (Lipinski definition) is 2. The third kappa shape index (κ3) is 6.87. The minimum absolute atomic E-state index is 0.555. The lowest BCUT2D eigenvalue weighted by Gasteiger charge is -2.25. The van der Waals surface area contributed by atoms with Crippen LogP contribution < -0.4 is 10.6 Å². The van der Waals surface area contributed by atoms with Crippen molar-refractivity contribution in [2.75, 3.05) is 34.2 Å². The van der Waals surface area contributed by atoms with Crippen LogP contribution in [0.15, 0.2) is 59.6 Å². The van der Waals surface area contributed by atoms with E-state index in [1.807, 2.05) is 7.05 Å². The fourth-order valence-corrected chi connectivity index (χ4v) is 3.90. The van der Waals surface area contributed by atoms with Gasteiger partial charge in [0.15, 0.2) is 5.96 Å². The predicted molar refractivity (Wildman–Crippen MR) is 122 cm³/mol. The molecular weight excluding hydrogens is 358 g/mol. The van der Waals surface area contributed by atoms with E-state index in [0.717, 1.165) is 32.1 Å². The molecule has 1 aliphatic heterocycles. The molecule has 1 heterocycles. The van der Waals surface area contributed by atoms with E-state index >= 15 is 0 Å². The molecule has 1 fully saturated rings. The highest BCUT2D eigenvalue weighted by Gasteiger charge is 2.24. The summed E-state index contributed by atoms with van der Waals surface area (Å²) in [5, 5.41) is 6.97. The summed E-state index contributed by atoms with van der Waals surface area (Å²) in [4.78, 5) is 9.17.